The van der Waals surface area contributed by atoms with Gasteiger partial charge in [-0.05, 0) is 24.3 Å². The highest BCUT2D eigenvalue weighted by molar-refractivity contribution is 7.17. The van der Waals surface area contributed by atoms with Gasteiger partial charge < -0.3 is 15.5 Å². The van der Waals surface area contributed by atoms with E-state index in [9.17, 15) is 9.59 Å². The normalized spacial score (nSPS) is 14.4. The number of nitrogens with one attached hydrogen (secondary N) is 2. The van der Waals surface area contributed by atoms with Crippen LogP contribution in [0, 0.1) is 0 Å². The number of anilines is 3. The molecule has 2 heterocycles. The highest BCUT2D eigenvalue weighted by Gasteiger charge is 2.27. The van der Waals surface area contributed by atoms with Crippen LogP contribution in [-0.2, 0) is 9.59 Å². The van der Waals surface area contributed by atoms with Gasteiger partial charge in [-0.15, -0.1) is 11.3 Å². The minimum absolute atomic E-state index is 0.0674. The standard InChI is InChI=1S/C19H16N4O2S/c1-11(24)23(2)16-6-4-3-5-13(16)20-9-12-17-14(22-19(12)25)7-8-15-18(17)26-10-21-15/h3-10,20H,1-2H3,(H,22,25). The summed E-state index contributed by atoms with van der Waals surface area (Å²) in [7, 11) is 1.72. The topological polar surface area (TPSA) is 74.3 Å². The number of amides is 2. The maximum atomic E-state index is 12.4. The average Bonchev–Trinajstić information content (AvgIpc) is 3.22. The summed E-state index contributed by atoms with van der Waals surface area (Å²) in [6.07, 6.45) is 1.69. The smallest absolute Gasteiger partial charge is 0.257 e. The second kappa shape index (κ2) is 6.27. The number of para-hydroxylation sites is 2. The fourth-order valence-electron chi connectivity index (χ4n) is 2.95. The van der Waals surface area contributed by atoms with Crippen LogP contribution >= 0.6 is 11.3 Å². The fourth-order valence-corrected chi connectivity index (χ4v) is 3.80. The molecule has 26 heavy (non-hydrogen) atoms. The first-order valence-corrected chi connectivity index (χ1v) is 8.92. The Bertz CT molecular complexity index is 1070. The second-order valence-electron chi connectivity index (χ2n) is 5.94. The first kappa shape index (κ1) is 16.3. The highest BCUT2D eigenvalue weighted by Crippen LogP contribution is 2.39. The fraction of sp³-hybridized carbons (Fsp3) is 0.105. The largest absolute Gasteiger partial charge is 0.359 e. The van der Waals surface area contributed by atoms with Gasteiger partial charge in [-0.25, -0.2) is 4.98 Å². The molecule has 6 nitrogen and oxygen atoms in total. The lowest BCUT2D eigenvalue weighted by Gasteiger charge is -2.19. The van der Waals surface area contributed by atoms with Crippen molar-refractivity contribution in [2.75, 3.05) is 22.6 Å². The van der Waals surface area contributed by atoms with Crippen molar-refractivity contribution in [2.24, 2.45) is 0 Å². The Kier molecular flexibility index (Phi) is 3.93. The third-order valence-corrected chi connectivity index (χ3v) is 5.23. The van der Waals surface area contributed by atoms with E-state index in [0.29, 0.717) is 5.57 Å². The van der Waals surface area contributed by atoms with Gasteiger partial charge in [-0.2, -0.15) is 0 Å². The zero-order valence-corrected chi connectivity index (χ0v) is 15.1. The lowest BCUT2D eigenvalue weighted by Crippen LogP contribution is -2.23. The van der Waals surface area contributed by atoms with Crippen molar-refractivity contribution in [2.45, 2.75) is 6.92 Å². The molecule has 0 atom stereocenters. The van der Waals surface area contributed by atoms with Gasteiger partial charge in [-0.1, -0.05) is 12.1 Å². The van der Waals surface area contributed by atoms with Gasteiger partial charge in [0.15, 0.2) is 0 Å². The molecule has 0 spiro atoms. The molecule has 0 aliphatic carbocycles. The third kappa shape index (κ3) is 2.62. The summed E-state index contributed by atoms with van der Waals surface area (Å²) in [5, 5.41) is 6.08. The van der Waals surface area contributed by atoms with E-state index in [1.165, 1.54) is 18.3 Å². The maximum Gasteiger partial charge on any atom is 0.257 e. The zero-order chi connectivity index (χ0) is 18.3. The van der Waals surface area contributed by atoms with Crippen LogP contribution in [0.4, 0.5) is 17.1 Å². The predicted molar refractivity (Wildman–Crippen MR) is 105 cm³/mol. The summed E-state index contributed by atoms with van der Waals surface area (Å²) >= 11 is 1.51. The lowest BCUT2D eigenvalue weighted by atomic mass is 10.1. The SMILES string of the molecule is CC(=O)N(C)c1ccccc1NC=C1C(=O)Nc2ccc3ncsc3c21. The van der Waals surface area contributed by atoms with Crippen molar-refractivity contribution in [3.63, 3.8) is 0 Å². The Morgan fingerprint density at radius 1 is 1.27 bits per heavy atom. The van der Waals surface area contributed by atoms with E-state index in [4.69, 9.17) is 0 Å². The number of hydrogen-bond acceptors (Lipinski definition) is 5. The molecule has 0 bridgehead atoms. The highest BCUT2D eigenvalue weighted by atomic mass is 32.1. The van der Waals surface area contributed by atoms with E-state index in [1.807, 2.05) is 36.4 Å². The van der Waals surface area contributed by atoms with Gasteiger partial charge in [0.1, 0.15) is 0 Å². The maximum absolute atomic E-state index is 12.4. The summed E-state index contributed by atoms with van der Waals surface area (Å²) in [5.41, 5.74) is 6.33. The number of rotatable bonds is 3. The molecular weight excluding hydrogens is 348 g/mol. The lowest BCUT2D eigenvalue weighted by molar-refractivity contribution is -0.116. The minimum atomic E-state index is -0.161. The van der Waals surface area contributed by atoms with Gasteiger partial charge in [0.2, 0.25) is 5.91 Å². The summed E-state index contributed by atoms with van der Waals surface area (Å²) in [4.78, 5) is 30.0. The Morgan fingerprint density at radius 2 is 2.08 bits per heavy atom. The van der Waals surface area contributed by atoms with Crippen LogP contribution in [0.3, 0.4) is 0 Å². The Balaban J connectivity index is 1.75. The first-order chi connectivity index (χ1) is 12.6. The number of fused-ring (bicyclic) bond motifs is 3. The van der Waals surface area contributed by atoms with E-state index in [-0.39, 0.29) is 11.8 Å². The molecule has 2 amide bonds. The molecule has 4 rings (SSSR count). The molecule has 0 saturated carbocycles. The summed E-state index contributed by atoms with van der Waals surface area (Å²) in [6, 6.07) is 11.2. The van der Waals surface area contributed by atoms with Crippen LogP contribution in [0.15, 0.2) is 48.1 Å². The number of benzene rings is 2. The predicted octanol–water partition coefficient (Wildman–Crippen LogP) is 3.68. The minimum Gasteiger partial charge on any atom is -0.359 e. The van der Waals surface area contributed by atoms with Crippen molar-refractivity contribution in [3.8, 4) is 0 Å². The van der Waals surface area contributed by atoms with Crippen LogP contribution in [0.5, 0.6) is 0 Å². The zero-order valence-electron chi connectivity index (χ0n) is 14.2. The summed E-state index contributed by atoms with van der Waals surface area (Å²) < 4.78 is 0.975. The molecule has 2 N–H and O–H groups in total. The molecule has 130 valence electrons. The summed E-state index contributed by atoms with van der Waals surface area (Å²) in [6.45, 7) is 1.51. The van der Waals surface area contributed by atoms with Gasteiger partial charge in [0.25, 0.3) is 5.91 Å². The number of carbonyl (C=O) groups is 2. The van der Waals surface area contributed by atoms with Gasteiger partial charge in [0.05, 0.1) is 38.4 Å². The molecule has 1 aromatic heterocycles. The molecular formula is C19H16N4O2S. The van der Waals surface area contributed by atoms with Gasteiger partial charge >= 0.3 is 0 Å². The second-order valence-corrected chi connectivity index (χ2v) is 6.80. The van der Waals surface area contributed by atoms with Crippen LogP contribution in [0.1, 0.15) is 12.5 Å². The van der Waals surface area contributed by atoms with Crippen molar-refractivity contribution in [1.29, 1.82) is 0 Å². The molecule has 0 unspecified atom stereocenters. The Labute approximate surface area is 154 Å². The van der Waals surface area contributed by atoms with E-state index in [2.05, 4.69) is 15.6 Å². The number of hydrogen-bond donors (Lipinski definition) is 2. The number of thiazole rings is 1. The number of aromatic nitrogens is 1. The molecule has 0 radical (unpaired) electrons. The van der Waals surface area contributed by atoms with Gasteiger partial charge in [-0.3, -0.25) is 9.59 Å². The molecule has 0 fully saturated rings. The Hall–Kier alpha value is -3.19. The third-order valence-electron chi connectivity index (χ3n) is 4.37. The monoisotopic (exact) mass is 364 g/mol. The van der Waals surface area contributed by atoms with E-state index in [0.717, 1.165) is 32.8 Å². The van der Waals surface area contributed by atoms with Crippen molar-refractivity contribution < 1.29 is 9.59 Å². The van der Waals surface area contributed by atoms with Crippen LogP contribution < -0.4 is 15.5 Å². The number of nitrogens with zero attached hydrogens (tertiary/aromatic N) is 2. The van der Waals surface area contributed by atoms with E-state index < -0.39 is 0 Å². The Morgan fingerprint density at radius 3 is 2.88 bits per heavy atom. The van der Waals surface area contributed by atoms with Crippen molar-refractivity contribution in [3.05, 3.63) is 53.7 Å². The molecule has 1 aliphatic heterocycles. The summed E-state index contributed by atoms with van der Waals surface area (Å²) in [5.74, 6) is -0.229. The average molecular weight is 364 g/mol. The molecule has 3 aromatic rings. The molecule has 7 heteroatoms. The quantitative estimate of drug-likeness (QED) is 0.695. The molecule has 0 saturated heterocycles. The first-order valence-electron chi connectivity index (χ1n) is 8.04. The van der Waals surface area contributed by atoms with Gasteiger partial charge in [0, 0.05) is 25.7 Å². The van der Waals surface area contributed by atoms with Crippen molar-refractivity contribution in [1.82, 2.24) is 4.98 Å². The molecule has 1 aliphatic rings. The van der Waals surface area contributed by atoms with E-state index >= 15 is 0 Å². The van der Waals surface area contributed by atoms with Crippen molar-refractivity contribution >= 4 is 56.0 Å². The van der Waals surface area contributed by atoms with Crippen LogP contribution in [-0.4, -0.2) is 23.8 Å². The number of carbonyl (C=O) groups excluding carboxylic acids is 2. The van der Waals surface area contributed by atoms with Crippen LogP contribution in [0.2, 0.25) is 0 Å². The van der Waals surface area contributed by atoms with Crippen LogP contribution in [0.25, 0.3) is 15.8 Å². The molecule has 2 aromatic carbocycles. The van der Waals surface area contributed by atoms with E-state index in [1.54, 1.807) is 23.7 Å².